The van der Waals surface area contributed by atoms with Crippen molar-refractivity contribution >= 4 is 16.9 Å². The van der Waals surface area contributed by atoms with Gasteiger partial charge in [0.15, 0.2) is 5.69 Å². The van der Waals surface area contributed by atoms with Crippen molar-refractivity contribution in [1.29, 1.82) is 0 Å². The maximum atomic E-state index is 12.7. The number of hydrogen-bond donors (Lipinski definition) is 1. The van der Waals surface area contributed by atoms with Crippen LogP contribution in [0, 0.1) is 6.92 Å². The number of para-hydroxylation sites is 2. The number of benzene rings is 2. The zero-order valence-corrected chi connectivity index (χ0v) is 16.0. The Bertz CT molecular complexity index is 1110. The van der Waals surface area contributed by atoms with Crippen molar-refractivity contribution < 1.29 is 4.79 Å². The van der Waals surface area contributed by atoms with Gasteiger partial charge in [-0.1, -0.05) is 47.7 Å². The number of fused-ring (bicyclic) bond motifs is 1. The summed E-state index contributed by atoms with van der Waals surface area (Å²) in [6.07, 6.45) is 0. The van der Waals surface area contributed by atoms with Gasteiger partial charge >= 0.3 is 0 Å². The molecule has 1 N–H and O–H groups in total. The number of rotatable bonds is 6. The molecule has 2 aromatic carbocycles. The monoisotopic (exact) mass is 374 g/mol. The van der Waals surface area contributed by atoms with Gasteiger partial charge in [0, 0.05) is 6.54 Å². The van der Waals surface area contributed by atoms with Gasteiger partial charge in [0.25, 0.3) is 5.91 Å². The molecule has 7 heteroatoms. The molecule has 0 atom stereocenters. The normalized spacial score (nSPS) is 11.1. The Morgan fingerprint density at radius 2 is 1.82 bits per heavy atom. The second-order valence-electron chi connectivity index (χ2n) is 6.61. The Morgan fingerprint density at radius 3 is 2.61 bits per heavy atom. The average Bonchev–Trinajstić information content (AvgIpc) is 3.27. The van der Waals surface area contributed by atoms with Gasteiger partial charge in [0.05, 0.1) is 29.8 Å². The molecule has 0 aliphatic rings. The SMILES string of the molecule is CCn1c(CNC(=O)c2nnn(Cc3ccccc3)c2C)nc2ccccc21. The first kappa shape index (κ1) is 17.9. The summed E-state index contributed by atoms with van der Waals surface area (Å²) in [5.74, 6) is 0.581. The first-order valence-electron chi connectivity index (χ1n) is 9.33. The number of amides is 1. The Morgan fingerprint density at radius 1 is 1.07 bits per heavy atom. The van der Waals surface area contributed by atoms with Gasteiger partial charge in [-0.15, -0.1) is 5.10 Å². The summed E-state index contributed by atoms with van der Waals surface area (Å²) < 4.78 is 3.85. The minimum absolute atomic E-state index is 0.244. The van der Waals surface area contributed by atoms with Gasteiger partial charge in [-0.2, -0.15) is 0 Å². The first-order valence-corrected chi connectivity index (χ1v) is 9.33. The number of carbonyl (C=O) groups is 1. The van der Waals surface area contributed by atoms with Gasteiger partial charge in [-0.05, 0) is 31.5 Å². The van der Waals surface area contributed by atoms with Gasteiger partial charge in [-0.25, -0.2) is 9.67 Å². The van der Waals surface area contributed by atoms with Gasteiger partial charge < -0.3 is 9.88 Å². The average molecular weight is 374 g/mol. The Kier molecular flexibility index (Phi) is 4.89. The van der Waals surface area contributed by atoms with Crippen LogP contribution in [0.3, 0.4) is 0 Å². The zero-order chi connectivity index (χ0) is 19.5. The lowest BCUT2D eigenvalue weighted by molar-refractivity contribution is 0.0943. The number of hydrogen-bond acceptors (Lipinski definition) is 4. The molecule has 0 radical (unpaired) electrons. The summed E-state index contributed by atoms with van der Waals surface area (Å²) >= 11 is 0. The zero-order valence-electron chi connectivity index (χ0n) is 16.0. The fraction of sp³-hybridized carbons (Fsp3) is 0.238. The number of aromatic nitrogens is 5. The van der Waals surface area contributed by atoms with Crippen LogP contribution in [-0.2, 0) is 19.6 Å². The van der Waals surface area contributed by atoms with Crippen LogP contribution in [0.1, 0.15) is 34.5 Å². The molecular formula is C21H22N6O. The van der Waals surface area contributed by atoms with Crippen LogP contribution >= 0.6 is 0 Å². The van der Waals surface area contributed by atoms with Crippen LogP contribution in [0.15, 0.2) is 54.6 Å². The topological polar surface area (TPSA) is 77.6 Å². The third-order valence-electron chi connectivity index (χ3n) is 4.83. The van der Waals surface area contributed by atoms with Crippen molar-refractivity contribution in [2.75, 3.05) is 0 Å². The van der Waals surface area contributed by atoms with Crippen molar-refractivity contribution in [2.45, 2.75) is 33.5 Å². The molecule has 0 unspecified atom stereocenters. The Labute approximate surface area is 163 Å². The number of nitrogens with one attached hydrogen (secondary N) is 1. The summed E-state index contributed by atoms with van der Waals surface area (Å²) in [7, 11) is 0. The molecule has 28 heavy (non-hydrogen) atoms. The van der Waals surface area contributed by atoms with E-state index in [-0.39, 0.29) is 5.91 Å². The molecule has 2 heterocycles. The largest absolute Gasteiger partial charge is 0.343 e. The van der Waals surface area contributed by atoms with E-state index in [9.17, 15) is 4.79 Å². The van der Waals surface area contributed by atoms with E-state index >= 15 is 0 Å². The van der Waals surface area contributed by atoms with Crippen LogP contribution in [0.25, 0.3) is 11.0 Å². The molecular weight excluding hydrogens is 352 g/mol. The van der Waals surface area contributed by atoms with E-state index < -0.39 is 0 Å². The minimum Gasteiger partial charge on any atom is -0.343 e. The molecule has 0 saturated carbocycles. The van der Waals surface area contributed by atoms with E-state index in [1.165, 1.54) is 0 Å². The molecule has 4 aromatic rings. The fourth-order valence-corrected chi connectivity index (χ4v) is 3.33. The summed E-state index contributed by atoms with van der Waals surface area (Å²) in [4.78, 5) is 17.3. The predicted octanol–water partition coefficient (Wildman–Crippen LogP) is 2.93. The highest BCUT2D eigenvalue weighted by atomic mass is 16.2. The lowest BCUT2D eigenvalue weighted by Crippen LogP contribution is -2.26. The van der Waals surface area contributed by atoms with E-state index in [4.69, 9.17) is 0 Å². The third-order valence-corrected chi connectivity index (χ3v) is 4.83. The molecule has 0 fully saturated rings. The Hall–Kier alpha value is -3.48. The van der Waals surface area contributed by atoms with Crippen LogP contribution in [0.5, 0.6) is 0 Å². The summed E-state index contributed by atoms with van der Waals surface area (Å²) in [5.41, 5.74) is 4.19. The summed E-state index contributed by atoms with van der Waals surface area (Å²) in [6.45, 7) is 5.64. The predicted molar refractivity (Wildman–Crippen MR) is 107 cm³/mol. The highest BCUT2D eigenvalue weighted by molar-refractivity contribution is 5.93. The highest BCUT2D eigenvalue weighted by Crippen LogP contribution is 2.16. The van der Waals surface area contributed by atoms with Crippen LogP contribution in [0.4, 0.5) is 0 Å². The van der Waals surface area contributed by atoms with Crippen LogP contribution in [0.2, 0.25) is 0 Å². The van der Waals surface area contributed by atoms with E-state index in [0.717, 1.165) is 34.7 Å². The Balaban J connectivity index is 1.49. The van der Waals surface area contributed by atoms with Crippen molar-refractivity contribution in [3.05, 3.63) is 77.4 Å². The summed E-state index contributed by atoms with van der Waals surface area (Å²) in [5, 5.41) is 11.2. The molecule has 0 saturated heterocycles. The van der Waals surface area contributed by atoms with Crippen molar-refractivity contribution in [1.82, 2.24) is 29.9 Å². The van der Waals surface area contributed by atoms with Crippen molar-refractivity contribution in [2.24, 2.45) is 0 Å². The smallest absolute Gasteiger partial charge is 0.274 e. The van der Waals surface area contributed by atoms with E-state index in [2.05, 4.69) is 32.1 Å². The highest BCUT2D eigenvalue weighted by Gasteiger charge is 2.17. The lowest BCUT2D eigenvalue weighted by Gasteiger charge is -2.07. The van der Waals surface area contributed by atoms with Crippen LogP contribution in [-0.4, -0.2) is 30.5 Å². The summed E-state index contributed by atoms with van der Waals surface area (Å²) in [6, 6.07) is 18.0. The molecule has 0 bridgehead atoms. The second kappa shape index (κ2) is 7.64. The molecule has 0 aliphatic carbocycles. The molecule has 142 valence electrons. The molecule has 1 amide bonds. The number of carbonyl (C=O) groups excluding carboxylic acids is 1. The molecule has 7 nitrogen and oxygen atoms in total. The molecule has 0 aliphatic heterocycles. The van der Waals surface area contributed by atoms with Gasteiger partial charge in [-0.3, -0.25) is 4.79 Å². The van der Waals surface area contributed by atoms with E-state index in [0.29, 0.717) is 18.8 Å². The quantitative estimate of drug-likeness (QED) is 0.563. The van der Waals surface area contributed by atoms with Gasteiger partial charge in [0.1, 0.15) is 5.82 Å². The fourth-order valence-electron chi connectivity index (χ4n) is 3.33. The standard InChI is InChI=1S/C21H22N6O/c1-3-26-18-12-8-7-11-17(18)23-19(26)13-22-21(28)20-15(2)27(25-24-20)14-16-9-5-4-6-10-16/h4-12H,3,13-14H2,1-2H3,(H,22,28). The maximum Gasteiger partial charge on any atom is 0.274 e. The molecule has 0 spiro atoms. The lowest BCUT2D eigenvalue weighted by atomic mass is 10.2. The van der Waals surface area contributed by atoms with Gasteiger partial charge in [0.2, 0.25) is 0 Å². The van der Waals surface area contributed by atoms with E-state index in [1.807, 2.05) is 61.5 Å². The van der Waals surface area contributed by atoms with E-state index in [1.54, 1.807) is 4.68 Å². The first-order chi connectivity index (χ1) is 13.7. The number of aryl methyl sites for hydroxylation is 1. The van der Waals surface area contributed by atoms with Crippen molar-refractivity contribution in [3.8, 4) is 0 Å². The van der Waals surface area contributed by atoms with Crippen molar-refractivity contribution in [3.63, 3.8) is 0 Å². The molecule has 2 aromatic heterocycles. The minimum atomic E-state index is -0.244. The second-order valence-corrected chi connectivity index (χ2v) is 6.61. The van der Waals surface area contributed by atoms with Crippen LogP contribution < -0.4 is 5.32 Å². The molecule has 4 rings (SSSR count). The third kappa shape index (κ3) is 3.38. The number of nitrogens with zero attached hydrogens (tertiary/aromatic N) is 5. The maximum absolute atomic E-state index is 12.7. The number of imidazole rings is 1.